The lowest BCUT2D eigenvalue weighted by molar-refractivity contribution is -0.119. The van der Waals surface area contributed by atoms with Gasteiger partial charge in [-0.15, -0.1) is 0 Å². The van der Waals surface area contributed by atoms with E-state index in [2.05, 4.69) is 9.97 Å². The minimum atomic E-state index is -0.642. The molecule has 0 spiro atoms. The topological polar surface area (TPSA) is 118 Å². The van der Waals surface area contributed by atoms with E-state index in [0.29, 0.717) is 13.0 Å². The van der Waals surface area contributed by atoms with Crippen LogP contribution in [0.2, 0.25) is 0 Å². The average Bonchev–Trinajstić information content (AvgIpc) is 3.12. The van der Waals surface area contributed by atoms with E-state index >= 15 is 0 Å². The third kappa shape index (κ3) is 3.52. The Morgan fingerprint density at radius 2 is 1.96 bits per heavy atom. The number of hydrogen-bond donors (Lipinski definition) is 3. The normalized spacial score (nSPS) is 14.0. The Bertz CT molecular complexity index is 1020. The number of carbonyl (C=O) groups excluding carboxylic acids is 1. The summed E-state index contributed by atoms with van der Waals surface area (Å²) in [5.41, 5.74) is 16.4. The first-order valence-electron chi connectivity index (χ1n) is 9.08. The molecule has 0 unspecified atom stereocenters. The molecular weight excluding hydrogens is 354 g/mol. The van der Waals surface area contributed by atoms with Crippen molar-refractivity contribution >= 4 is 17.5 Å². The Morgan fingerprint density at radius 3 is 2.71 bits per heavy atom. The molecule has 28 heavy (non-hydrogen) atoms. The van der Waals surface area contributed by atoms with Crippen LogP contribution >= 0.6 is 0 Å². The standard InChI is InChI=1S/C21H21N5O2/c22-17(11-13-1-4-16(27)5-2-13)20(28)26-10-8-15-12-14(3-6-19(15)26)18-7-9-24-21(23)25-18/h1-7,9,12,17,27H,8,10-11,22H2,(H2,23,24,25)/t17-/m0/s1. The molecule has 1 aliphatic rings. The molecule has 0 radical (unpaired) electrons. The van der Waals surface area contributed by atoms with Crippen LogP contribution in [-0.2, 0) is 17.6 Å². The Hall–Kier alpha value is -3.45. The van der Waals surface area contributed by atoms with E-state index in [4.69, 9.17) is 11.5 Å². The third-order valence-corrected chi connectivity index (χ3v) is 4.92. The fourth-order valence-corrected chi connectivity index (χ4v) is 3.50. The molecule has 0 bridgehead atoms. The van der Waals surface area contributed by atoms with Gasteiger partial charge in [0.05, 0.1) is 11.7 Å². The van der Waals surface area contributed by atoms with Gasteiger partial charge in [-0.2, -0.15) is 0 Å². The van der Waals surface area contributed by atoms with Crippen molar-refractivity contribution < 1.29 is 9.90 Å². The summed E-state index contributed by atoms with van der Waals surface area (Å²) in [5.74, 6) is 0.319. The summed E-state index contributed by atoms with van der Waals surface area (Å²) in [5, 5.41) is 9.38. The van der Waals surface area contributed by atoms with E-state index in [0.717, 1.165) is 34.5 Å². The number of rotatable bonds is 4. The highest BCUT2D eigenvalue weighted by Gasteiger charge is 2.28. The number of nitrogen functional groups attached to an aromatic ring is 1. The molecule has 1 aliphatic heterocycles. The Balaban J connectivity index is 1.52. The fraction of sp³-hybridized carbons (Fsp3) is 0.190. The molecule has 2 heterocycles. The monoisotopic (exact) mass is 375 g/mol. The molecule has 7 heteroatoms. The van der Waals surface area contributed by atoms with Gasteiger partial charge in [0.2, 0.25) is 11.9 Å². The molecule has 5 N–H and O–H groups in total. The number of nitrogens with two attached hydrogens (primary N) is 2. The number of aromatic hydroxyl groups is 1. The van der Waals surface area contributed by atoms with Crippen molar-refractivity contribution in [2.24, 2.45) is 5.73 Å². The fourth-order valence-electron chi connectivity index (χ4n) is 3.50. The van der Waals surface area contributed by atoms with Crippen molar-refractivity contribution in [3.05, 3.63) is 65.9 Å². The van der Waals surface area contributed by atoms with Gasteiger partial charge in [-0.3, -0.25) is 4.79 Å². The Kier molecular flexibility index (Phi) is 4.67. The van der Waals surface area contributed by atoms with Gasteiger partial charge in [0, 0.05) is 24.0 Å². The summed E-state index contributed by atoms with van der Waals surface area (Å²) in [6.07, 6.45) is 2.81. The Labute approximate surface area is 162 Å². The number of aromatic nitrogens is 2. The number of anilines is 2. The summed E-state index contributed by atoms with van der Waals surface area (Å²) in [4.78, 5) is 22.8. The van der Waals surface area contributed by atoms with Gasteiger partial charge in [-0.05, 0) is 54.3 Å². The summed E-state index contributed by atoms with van der Waals surface area (Å²) < 4.78 is 0. The van der Waals surface area contributed by atoms with Gasteiger partial charge in [0.25, 0.3) is 0 Å². The maximum atomic E-state index is 12.9. The molecular formula is C21H21N5O2. The molecule has 0 saturated heterocycles. The number of carbonyl (C=O) groups is 1. The predicted octanol–water partition coefficient (Wildman–Crippen LogP) is 1.89. The molecule has 3 aromatic rings. The second-order valence-electron chi connectivity index (χ2n) is 6.86. The van der Waals surface area contributed by atoms with Crippen LogP contribution < -0.4 is 16.4 Å². The Morgan fingerprint density at radius 1 is 1.18 bits per heavy atom. The highest BCUT2D eigenvalue weighted by atomic mass is 16.3. The minimum absolute atomic E-state index is 0.106. The van der Waals surface area contributed by atoms with Crippen molar-refractivity contribution in [2.75, 3.05) is 17.2 Å². The van der Waals surface area contributed by atoms with Crippen LogP contribution in [0.5, 0.6) is 5.75 Å². The molecule has 2 aromatic carbocycles. The van der Waals surface area contributed by atoms with Crippen molar-refractivity contribution in [1.29, 1.82) is 0 Å². The van der Waals surface area contributed by atoms with E-state index < -0.39 is 6.04 Å². The summed E-state index contributed by atoms with van der Waals surface area (Å²) in [6.45, 7) is 0.604. The van der Waals surface area contributed by atoms with Crippen molar-refractivity contribution in [3.8, 4) is 17.0 Å². The van der Waals surface area contributed by atoms with Gasteiger partial charge in [0.15, 0.2) is 0 Å². The van der Waals surface area contributed by atoms with Gasteiger partial charge >= 0.3 is 0 Å². The van der Waals surface area contributed by atoms with Crippen LogP contribution in [0.25, 0.3) is 11.3 Å². The second kappa shape index (κ2) is 7.28. The predicted molar refractivity (Wildman–Crippen MR) is 108 cm³/mol. The maximum absolute atomic E-state index is 12.9. The summed E-state index contributed by atoms with van der Waals surface area (Å²) >= 11 is 0. The minimum Gasteiger partial charge on any atom is -0.508 e. The zero-order chi connectivity index (χ0) is 19.7. The van der Waals surface area contributed by atoms with E-state index in [1.54, 1.807) is 35.4 Å². The highest BCUT2D eigenvalue weighted by Crippen LogP contribution is 2.32. The first-order valence-corrected chi connectivity index (χ1v) is 9.08. The first kappa shape index (κ1) is 17.9. The number of benzene rings is 2. The first-order chi connectivity index (χ1) is 13.5. The van der Waals surface area contributed by atoms with Crippen LogP contribution in [0.3, 0.4) is 0 Å². The molecule has 1 atom stereocenters. The van der Waals surface area contributed by atoms with Crippen LogP contribution in [0.15, 0.2) is 54.7 Å². The smallest absolute Gasteiger partial charge is 0.244 e. The molecule has 0 fully saturated rings. The number of amides is 1. The van der Waals surface area contributed by atoms with E-state index in [-0.39, 0.29) is 17.6 Å². The third-order valence-electron chi connectivity index (χ3n) is 4.92. The average molecular weight is 375 g/mol. The zero-order valence-electron chi connectivity index (χ0n) is 15.2. The van der Waals surface area contributed by atoms with Crippen LogP contribution in [0.4, 0.5) is 11.6 Å². The second-order valence-corrected chi connectivity index (χ2v) is 6.86. The van der Waals surface area contributed by atoms with Crippen molar-refractivity contribution in [2.45, 2.75) is 18.9 Å². The van der Waals surface area contributed by atoms with E-state index in [9.17, 15) is 9.90 Å². The molecule has 1 amide bonds. The number of nitrogens with zero attached hydrogens (tertiary/aromatic N) is 3. The van der Waals surface area contributed by atoms with Gasteiger partial charge < -0.3 is 21.5 Å². The molecule has 142 valence electrons. The van der Waals surface area contributed by atoms with Gasteiger partial charge in [-0.1, -0.05) is 18.2 Å². The molecule has 0 aliphatic carbocycles. The zero-order valence-corrected chi connectivity index (χ0v) is 15.2. The largest absolute Gasteiger partial charge is 0.508 e. The molecule has 4 rings (SSSR count). The molecule has 1 aromatic heterocycles. The number of phenols is 1. The van der Waals surface area contributed by atoms with Crippen LogP contribution in [0.1, 0.15) is 11.1 Å². The lowest BCUT2D eigenvalue weighted by Crippen LogP contribution is -2.44. The highest BCUT2D eigenvalue weighted by molar-refractivity contribution is 5.99. The number of hydrogen-bond acceptors (Lipinski definition) is 6. The maximum Gasteiger partial charge on any atom is 0.244 e. The van der Waals surface area contributed by atoms with Crippen molar-refractivity contribution in [3.63, 3.8) is 0 Å². The van der Waals surface area contributed by atoms with Crippen molar-refractivity contribution in [1.82, 2.24) is 9.97 Å². The van der Waals surface area contributed by atoms with Crippen LogP contribution in [0, 0.1) is 0 Å². The SMILES string of the molecule is Nc1nccc(-c2ccc3c(c2)CCN3C(=O)[C@@H](N)Cc2ccc(O)cc2)n1. The summed E-state index contributed by atoms with van der Waals surface area (Å²) in [6, 6.07) is 13.8. The van der Waals surface area contributed by atoms with Crippen LogP contribution in [-0.4, -0.2) is 33.6 Å². The lowest BCUT2D eigenvalue weighted by Gasteiger charge is -2.22. The van der Waals surface area contributed by atoms with E-state index in [1.165, 1.54) is 0 Å². The quantitative estimate of drug-likeness (QED) is 0.641. The molecule has 0 saturated carbocycles. The van der Waals surface area contributed by atoms with Gasteiger partial charge in [-0.25, -0.2) is 9.97 Å². The number of fused-ring (bicyclic) bond motifs is 1. The lowest BCUT2D eigenvalue weighted by atomic mass is 10.0. The summed E-state index contributed by atoms with van der Waals surface area (Å²) in [7, 11) is 0. The number of phenolic OH excluding ortho intramolecular Hbond substituents is 1. The van der Waals surface area contributed by atoms with E-state index in [1.807, 2.05) is 24.3 Å². The molecule has 7 nitrogen and oxygen atoms in total. The van der Waals surface area contributed by atoms with Gasteiger partial charge in [0.1, 0.15) is 5.75 Å².